The molecule has 0 atom stereocenters. The van der Waals surface area contributed by atoms with Crippen LogP contribution in [0.1, 0.15) is 10.4 Å². The molecule has 0 bridgehead atoms. The lowest BCUT2D eigenvalue weighted by Gasteiger charge is -2.34. The molecule has 3 rings (SSSR count). The van der Waals surface area contributed by atoms with Gasteiger partial charge in [0.2, 0.25) is 10.0 Å². The summed E-state index contributed by atoms with van der Waals surface area (Å²) in [6, 6.07) is 9.21. The van der Waals surface area contributed by atoms with Gasteiger partial charge in [0, 0.05) is 38.9 Å². The highest BCUT2D eigenvalue weighted by Gasteiger charge is 2.31. The highest BCUT2D eigenvalue weighted by molar-refractivity contribution is 7.89. The van der Waals surface area contributed by atoms with Gasteiger partial charge in [-0.25, -0.2) is 17.2 Å². The first-order chi connectivity index (χ1) is 14.3. The summed E-state index contributed by atoms with van der Waals surface area (Å²) in [6.07, 6.45) is 0. The Kier molecular flexibility index (Phi) is 7.01. The third-order valence-corrected chi connectivity index (χ3v) is 6.59. The van der Waals surface area contributed by atoms with E-state index in [0.29, 0.717) is 30.6 Å². The van der Waals surface area contributed by atoms with E-state index in [1.165, 1.54) is 0 Å². The average molecular weight is 440 g/mol. The van der Waals surface area contributed by atoms with E-state index in [9.17, 15) is 22.0 Å². The second-order valence-corrected chi connectivity index (χ2v) is 8.58. The lowest BCUT2D eigenvalue weighted by atomic mass is 10.1. The Morgan fingerprint density at radius 2 is 1.73 bits per heavy atom. The van der Waals surface area contributed by atoms with Crippen molar-refractivity contribution in [3.63, 3.8) is 0 Å². The van der Waals surface area contributed by atoms with E-state index in [0.717, 1.165) is 16.4 Å². The first kappa shape index (κ1) is 22.1. The maximum Gasteiger partial charge on any atom is 0.254 e. The number of methoxy groups -OCH3 is 1. The SMILES string of the molecule is COCCOc1cccc(C(=O)N2CCN(S(=O)(=O)c3ccc(F)c(F)c3)CC2)c1. The number of rotatable bonds is 7. The van der Waals surface area contributed by atoms with Crippen LogP contribution in [0.2, 0.25) is 0 Å². The van der Waals surface area contributed by atoms with Crippen LogP contribution in [0, 0.1) is 11.6 Å². The summed E-state index contributed by atoms with van der Waals surface area (Å²) >= 11 is 0. The van der Waals surface area contributed by atoms with Gasteiger partial charge in [0.25, 0.3) is 5.91 Å². The van der Waals surface area contributed by atoms with Crippen molar-refractivity contribution in [2.45, 2.75) is 4.90 Å². The molecule has 0 unspecified atom stereocenters. The van der Waals surface area contributed by atoms with Crippen LogP contribution in [0.15, 0.2) is 47.4 Å². The van der Waals surface area contributed by atoms with Crippen molar-refractivity contribution >= 4 is 15.9 Å². The van der Waals surface area contributed by atoms with Crippen molar-refractivity contribution in [1.82, 2.24) is 9.21 Å². The van der Waals surface area contributed by atoms with Gasteiger partial charge in [0.1, 0.15) is 12.4 Å². The highest BCUT2D eigenvalue weighted by Crippen LogP contribution is 2.21. The zero-order valence-corrected chi connectivity index (χ0v) is 17.2. The number of sulfonamides is 1. The summed E-state index contributed by atoms with van der Waals surface area (Å²) in [4.78, 5) is 14.0. The molecule has 0 spiro atoms. The van der Waals surface area contributed by atoms with E-state index in [4.69, 9.17) is 9.47 Å². The van der Waals surface area contributed by atoms with Crippen LogP contribution in [0.5, 0.6) is 5.75 Å². The quantitative estimate of drug-likeness (QED) is 0.617. The monoisotopic (exact) mass is 440 g/mol. The Labute approximate surface area is 173 Å². The van der Waals surface area contributed by atoms with Gasteiger partial charge in [-0.3, -0.25) is 4.79 Å². The van der Waals surface area contributed by atoms with Gasteiger partial charge in [-0.2, -0.15) is 4.31 Å². The van der Waals surface area contributed by atoms with E-state index in [1.54, 1.807) is 36.3 Å². The van der Waals surface area contributed by atoms with Crippen LogP contribution in [0.3, 0.4) is 0 Å². The fraction of sp³-hybridized carbons (Fsp3) is 0.350. The molecule has 0 saturated carbocycles. The van der Waals surface area contributed by atoms with Gasteiger partial charge in [0.05, 0.1) is 11.5 Å². The molecule has 1 heterocycles. The molecule has 1 saturated heterocycles. The van der Waals surface area contributed by atoms with Gasteiger partial charge >= 0.3 is 0 Å². The lowest BCUT2D eigenvalue weighted by Crippen LogP contribution is -2.50. The van der Waals surface area contributed by atoms with Crippen LogP contribution in [-0.2, 0) is 14.8 Å². The molecule has 7 nitrogen and oxygen atoms in total. The van der Waals surface area contributed by atoms with E-state index in [-0.39, 0.29) is 37.0 Å². The van der Waals surface area contributed by atoms with Gasteiger partial charge in [0.15, 0.2) is 11.6 Å². The molecule has 2 aromatic rings. The number of benzene rings is 2. The van der Waals surface area contributed by atoms with Crippen molar-refractivity contribution in [3.05, 3.63) is 59.7 Å². The fourth-order valence-corrected chi connectivity index (χ4v) is 4.50. The van der Waals surface area contributed by atoms with Crippen LogP contribution >= 0.6 is 0 Å². The minimum Gasteiger partial charge on any atom is -0.491 e. The molecule has 0 aromatic heterocycles. The summed E-state index contributed by atoms with van der Waals surface area (Å²) in [6.45, 7) is 1.24. The predicted molar refractivity (Wildman–Crippen MR) is 105 cm³/mol. The second kappa shape index (κ2) is 9.50. The Morgan fingerprint density at radius 3 is 2.40 bits per heavy atom. The molecule has 2 aromatic carbocycles. The van der Waals surface area contributed by atoms with Gasteiger partial charge < -0.3 is 14.4 Å². The van der Waals surface area contributed by atoms with E-state index in [2.05, 4.69) is 0 Å². The van der Waals surface area contributed by atoms with E-state index >= 15 is 0 Å². The fourth-order valence-electron chi connectivity index (χ4n) is 3.06. The van der Waals surface area contributed by atoms with Crippen molar-refractivity contribution in [2.24, 2.45) is 0 Å². The van der Waals surface area contributed by atoms with Gasteiger partial charge in [-0.1, -0.05) is 6.07 Å². The molecule has 30 heavy (non-hydrogen) atoms. The average Bonchev–Trinajstić information content (AvgIpc) is 2.75. The number of hydrogen-bond acceptors (Lipinski definition) is 5. The maximum absolute atomic E-state index is 13.4. The van der Waals surface area contributed by atoms with Crippen LogP contribution in [0.25, 0.3) is 0 Å². The molecule has 1 fully saturated rings. The Hall–Kier alpha value is -2.56. The first-order valence-electron chi connectivity index (χ1n) is 9.29. The molecule has 1 aliphatic heterocycles. The van der Waals surface area contributed by atoms with Crippen molar-refractivity contribution in [2.75, 3.05) is 46.5 Å². The van der Waals surface area contributed by atoms with Crippen molar-refractivity contribution in [1.29, 1.82) is 0 Å². The third-order valence-electron chi connectivity index (χ3n) is 4.69. The minimum atomic E-state index is -3.98. The number of hydrogen-bond donors (Lipinski definition) is 0. The molecule has 162 valence electrons. The maximum atomic E-state index is 13.4. The van der Waals surface area contributed by atoms with E-state index < -0.39 is 21.7 Å². The lowest BCUT2D eigenvalue weighted by molar-refractivity contribution is 0.0697. The van der Waals surface area contributed by atoms with Gasteiger partial charge in [-0.05, 0) is 36.4 Å². The number of halogens is 2. The summed E-state index contributed by atoms with van der Waals surface area (Å²) < 4.78 is 63.5. The van der Waals surface area contributed by atoms with E-state index in [1.807, 2.05) is 0 Å². The first-order valence-corrected chi connectivity index (χ1v) is 10.7. The molecule has 0 radical (unpaired) electrons. The Morgan fingerprint density at radius 1 is 1.00 bits per heavy atom. The normalized spacial score (nSPS) is 15.2. The number of nitrogens with zero attached hydrogens (tertiary/aromatic N) is 2. The Balaban J connectivity index is 1.64. The molecule has 1 aliphatic rings. The molecule has 0 aliphatic carbocycles. The smallest absolute Gasteiger partial charge is 0.254 e. The van der Waals surface area contributed by atoms with Crippen molar-refractivity contribution in [3.8, 4) is 5.75 Å². The molecule has 0 N–H and O–H groups in total. The third kappa shape index (κ3) is 4.94. The number of piperazine rings is 1. The van der Waals surface area contributed by atoms with Gasteiger partial charge in [-0.15, -0.1) is 0 Å². The van der Waals surface area contributed by atoms with Crippen LogP contribution in [-0.4, -0.2) is 70.0 Å². The molecule has 10 heteroatoms. The number of ether oxygens (including phenoxy) is 2. The van der Waals surface area contributed by atoms with Crippen molar-refractivity contribution < 1.29 is 31.5 Å². The number of carbonyl (C=O) groups is 1. The van der Waals surface area contributed by atoms with Crippen LogP contribution < -0.4 is 4.74 Å². The standard InChI is InChI=1S/C20H22F2N2O5S/c1-28-11-12-29-16-4-2-3-15(13-16)20(25)23-7-9-24(10-8-23)30(26,27)17-5-6-18(21)19(22)14-17/h2-6,13-14H,7-12H2,1H3. The van der Waals surface area contributed by atoms with Crippen LogP contribution in [0.4, 0.5) is 8.78 Å². The second-order valence-electron chi connectivity index (χ2n) is 6.64. The Bertz CT molecular complexity index is 1010. The zero-order chi connectivity index (χ0) is 21.7. The minimum absolute atomic E-state index is 0.0527. The molecular formula is C20H22F2N2O5S. The highest BCUT2D eigenvalue weighted by atomic mass is 32.2. The summed E-state index contributed by atoms with van der Waals surface area (Å²) in [5.41, 5.74) is 0.432. The number of carbonyl (C=O) groups excluding carboxylic acids is 1. The largest absolute Gasteiger partial charge is 0.491 e. The summed E-state index contributed by atoms with van der Waals surface area (Å²) in [5.74, 6) is -2.04. The topological polar surface area (TPSA) is 76.2 Å². The molecule has 1 amide bonds. The molecular weight excluding hydrogens is 418 g/mol. The summed E-state index contributed by atoms with van der Waals surface area (Å²) in [5, 5.41) is 0. The number of amides is 1. The predicted octanol–water partition coefficient (Wildman–Crippen LogP) is 2.14. The zero-order valence-electron chi connectivity index (χ0n) is 16.4. The summed E-state index contributed by atoms with van der Waals surface area (Å²) in [7, 11) is -2.41.